The van der Waals surface area contributed by atoms with Gasteiger partial charge in [0.2, 0.25) is 0 Å². The number of hydrogen-bond acceptors (Lipinski definition) is 3. The van der Waals surface area contributed by atoms with Gasteiger partial charge in [-0.2, -0.15) is 13.2 Å². The third kappa shape index (κ3) is 3.18. The molecule has 0 aliphatic carbocycles. The third-order valence-electron chi connectivity index (χ3n) is 3.68. The Bertz CT molecular complexity index is 416. The van der Waals surface area contributed by atoms with Crippen LogP contribution in [0.15, 0.2) is 18.3 Å². The zero-order chi connectivity index (χ0) is 14.0. The topological polar surface area (TPSA) is 42.1 Å². The summed E-state index contributed by atoms with van der Waals surface area (Å²) in [4.78, 5) is 6.00. The zero-order valence-corrected chi connectivity index (χ0v) is 10.8. The van der Waals surface area contributed by atoms with E-state index in [1.807, 2.05) is 4.90 Å². The Labute approximate surface area is 110 Å². The molecule has 0 radical (unpaired) electrons. The van der Waals surface area contributed by atoms with Gasteiger partial charge < -0.3 is 10.6 Å². The van der Waals surface area contributed by atoms with Crippen LogP contribution < -0.4 is 10.6 Å². The van der Waals surface area contributed by atoms with Crippen LogP contribution in [0, 0.1) is 5.92 Å². The molecular formula is C13H18F3N3. The maximum absolute atomic E-state index is 12.5. The number of aromatic nitrogens is 1. The van der Waals surface area contributed by atoms with Crippen molar-refractivity contribution in [2.24, 2.45) is 11.7 Å². The standard InChI is InChI=1S/C13H18F3N3/c1-9-2-3-10(6-17)8-19(9)12-5-4-11(7-18-12)13(14,15)16/h4-5,7,9-10H,2-3,6,8,17H2,1H3. The Balaban J connectivity index is 2.16. The molecule has 2 heterocycles. The first-order valence-electron chi connectivity index (χ1n) is 6.41. The predicted molar refractivity (Wildman–Crippen MR) is 67.8 cm³/mol. The van der Waals surface area contributed by atoms with Crippen molar-refractivity contribution >= 4 is 5.82 Å². The fourth-order valence-corrected chi connectivity index (χ4v) is 2.42. The monoisotopic (exact) mass is 273 g/mol. The molecular weight excluding hydrogens is 255 g/mol. The van der Waals surface area contributed by atoms with Crippen molar-refractivity contribution in [3.63, 3.8) is 0 Å². The molecule has 1 aromatic heterocycles. The lowest BCUT2D eigenvalue weighted by atomic mass is 9.93. The summed E-state index contributed by atoms with van der Waals surface area (Å²) in [5.74, 6) is 0.985. The summed E-state index contributed by atoms with van der Waals surface area (Å²) >= 11 is 0. The molecule has 1 aromatic rings. The van der Waals surface area contributed by atoms with E-state index in [0.29, 0.717) is 18.3 Å². The molecule has 1 fully saturated rings. The van der Waals surface area contributed by atoms with Crippen LogP contribution in [0.2, 0.25) is 0 Å². The molecule has 1 aliphatic rings. The molecule has 0 spiro atoms. The summed E-state index contributed by atoms with van der Waals surface area (Å²) in [6.07, 6.45) is -1.38. The molecule has 2 atom stereocenters. The van der Waals surface area contributed by atoms with E-state index in [1.54, 1.807) is 0 Å². The number of hydrogen-bond donors (Lipinski definition) is 1. The maximum atomic E-state index is 12.5. The molecule has 1 aliphatic heterocycles. The van der Waals surface area contributed by atoms with Crippen molar-refractivity contribution in [1.29, 1.82) is 0 Å². The van der Waals surface area contributed by atoms with E-state index in [2.05, 4.69) is 11.9 Å². The number of piperidine rings is 1. The molecule has 1 saturated heterocycles. The molecule has 0 amide bonds. The van der Waals surface area contributed by atoms with Crippen LogP contribution in [-0.2, 0) is 6.18 Å². The SMILES string of the molecule is CC1CCC(CN)CN1c1ccc(C(F)(F)F)cn1. The molecule has 19 heavy (non-hydrogen) atoms. The van der Waals surface area contributed by atoms with Crippen LogP contribution >= 0.6 is 0 Å². The van der Waals surface area contributed by atoms with Crippen LogP contribution in [0.4, 0.5) is 19.0 Å². The molecule has 106 valence electrons. The normalized spacial score (nSPS) is 24.6. The second kappa shape index (κ2) is 5.36. The first kappa shape index (κ1) is 14.1. The van der Waals surface area contributed by atoms with E-state index in [4.69, 9.17) is 5.73 Å². The number of halogens is 3. The Morgan fingerprint density at radius 3 is 2.63 bits per heavy atom. The Hall–Kier alpha value is -1.30. The fraction of sp³-hybridized carbons (Fsp3) is 0.615. The first-order valence-corrected chi connectivity index (χ1v) is 6.41. The molecule has 6 heteroatoms. The van der Waals surface area contributed by atoms with Gasteiger partial charge in [0.15, 0.2) is 0 Å². The Morgan fingerprint density at radius 1 is 1.37 bits per heavy atom. The van der Waals surface area contributed by atoms with Crippen LogP contribution in [0.3, 0.4) is 0 Å². The highest BCUT2D eigenvalue weighted by Gasteiger charge is 2.31. The van der Waals surface area contributed by atoms with E-state index < -0.39 is 11.7 Å². The molecule has 0 bridgehead atoms. The second-order valence-corrected chi connectivity index (χ2v) is 5.08. The number of pyridine rings is 1. The summed E-state index contributed by atoms with van der Waals surface area (Å²) in [7, 11) is 0. The van der Waals surface area contributed by atoms with Gasteiger partial charge in [0, 0.05) is 18.8 Å². The smallest absolute Gasteiger partial charge is 0.354 e. The number of rotatable bonds is 2. The van der Waals surface area contributed by atoms with E-state index in [9.17, 15) is 13.2 Å². The third-order valence-corrected chi connectivity index (χ3v) is 3.68. The number of alkyl halides is 3. The molecule has 2 N–H and O–H groups in total. The van der Waals surface area contributed by atoms with Gasteiger partial charge in [-0.3, -0.25) is 0 Å². The summed E-state index contributed by atoms with van der Waals surface area (Å²) in [6.45, 7) is 3.42. The lowest BCUT2D eigenvalue weighted by Crippen LogP contribution is -2.44. The minimum absolute atomic E-state index is 0.284. The van der Waals surface area contributed by atoms with Gasteiger partial charge in [0.1, 0.15) is 5.82 Å². The van der Waals surface area contributed by atoms with Crippen LogP contribution in [-0.4, -0.2) is 24.1 Å². The van der Waals surface area contributed by atoms with Gasteiger partial charge in [-0.05, 0) is 44.4 Å². The Kier molecular flexibility index (Phi) is 3.99. The summed E-state index contributed by atoms with van der Waals surface area (Å²) in [5.41, 5.74) is 4.96. The fourth-order valence-electron chi connectivity index (χ4n) is 2.42. The largest absolute Gasteiger partial charge is 0.417 e. The second-order valence-electron chi connectivity index (χ2n) is 5.08. The van der Waals surface area contributed by atoms with Crippen molar-refractivity contribution in [2.75, 3.05) is 18.0 Å². The molecule has 2 rings (SSSR count). The minimum Gasteiger partial charge on any atom is -0.354 e. The van der Waals surface area contributed by atoms with Crippen molar-refractivity contribution in [2.45, 2.75) is 32.0 Å². The van der Waals surface area contributed by atoms with E-state index in [1.165, 1.54) is 6.07 Å². The zero-order valence-electron chi connectivity index (χ0n) is 10.8. The average molecular weight is 273 g/mol. The van der Waals surface area contributed by atoms with Gasteiger partial charge in [-0.25, -0.2) is 4.98 Å². The van der Waals surface area contributed by atoms with Gasteiger partial charge >= 0.3 is 6.18 Å². The highest BCUT2D eigenvalue weighted by Crippen LogP contribution is 2.31. The van der Waals surface area contributed by atoms with Crippen LogP contribution in [0.25, 0.3) is 0 Å². The molecule has 3 nitrogen and oxygen atoms in total. The number of nitrogens with two attached hydrogens (primary N) is 1. The first-order chi connectivity index (χ1) is 8.91. The van der Waals surface area contributed by atoms with Gasteiger partial charge in [0.25, 0.3) is 0 Å². The van der Waals surface area contributed by atoms with E-state index in [0.717, 1.165) is 31.6 Å². The van der Waals surface area contributed by atoms with Crippen molar-refractivity contribution in [3.8, 4) is 0 Å². The summed E-state index contributed by atoms with van der Waals surface area (Å²) < 4.78 is 37.5. The minimum atomic E-state index is -4.33. The van der Waals surface area contributed by atoms with Crippen molar-refractivity contribution in [3.05, 3.63) is 23.9 Å². The summed E-state index contributed by atoms with van der Waals surface area (Å²) in [6, 6.07) is 2.81. The van der Waals surface area contributed by atoms with Crippen molar-refractivity contribution in [1.82, 2.24) is 4.98 Å². The quantitative estimate of drug-likeness (QED) is 0.900. The van der Waals surface area contributed by atoms with E-state index >= 15 is 0 Å². The van der Waals surface area contributed by atoms with E-state index in [-0.39, 0.29) is 6.04 Å². The summed E-state index contributed by atoms with van der Waals surface area (Å²) in [5, 5.41) is 0. The lowest BCUT2D eigenvalue weighted by Gasteiger charge is -2.38. The number of nitrogens with zero attached hydrogens (tertiary/aromatic N) is 2. The van der Waals surface area contributed by atoms with Gasteiger partial charge in [-0.1, -0.05) is 0 Å². The predicted octanol–water partition coefficient (Wildman–Crippen LogP) is 2.66. The number of anilines is 1. The van der Waals surface area contributed by atoms with Crippen molar-refractivity contribution < 1.29 is 13.2 Å². The van der Waals surface area contributed by atoms with Gasteiger partial charge in [0.05, 0.1) is 5.56 Å². The van der Waals surface area contributed by atoms with Gasteiger partial charge in [-0.15, -0.1) is 0 Å². The molecule has 0 saturated carbocycles. The van der Waals surface area contributed by atoms with Crippen LogP contribution in [0.5, 0.6) is 0 Å². The highest BCUT2D eigenvalue weighted by atomic mass is 19.4. The highest BCUT2D eigenvalue weighted by molar-refractivity contribution is 5.41. The molecule has 0 aromatic carbocycles. The maximum Gasteiger partial charge on any atom is 0.417 e. The Morgan fingerprint density at radius 2 is 2.11 bits per heavy atom. The molecule has 2 unspecified atom stereocenters. The van der Waals surface area contributed by atoms with Crippen LogP contribution in [0.1, 0.15) is 25.3 Å². The lowest BCUT2D eigenvalue weighted by molar-refractivity contribution is -0.137. The average Bonchev–Trinajstić information content (AvgIpc) is 2.38.